The van der Waals surface area contributed by atoms with E-state index in [9.17, 15) is 9.59 Å². The summed E-state index contributed by atoms with van der Waals surface area (Å²) in [5.74, 6) is -0.0577. The summed E-state index contributed by atoms with van der Waals surface area (Å²) in [6.07, 6.45) is 0.868. The maximum absolute atomic E-state index is 12.1. The Morgan fingerprint density at radius 2 is 1.75 bits per heavy atom. The average molecular weight is 396 g/mol. The maximum atomic E-state index is 12.1. The number of amides is 1. The predicted molar refractivity (Wildman–Crippen MR) is 111 cm³/mol. The minimum atomic E-state index is -0.169. The van der Waals surface area contributed by atoms with Crippen molar-refractivity contribution in [2.45, 2.75) is 32.9 Å². The second kappa shape index (κ2) is 9.33. The van der Waals surface area contributed by atoms with Gasteiger partial charge < -0.3 is 5.32 Å². The van der Waals surface area contributed by atoms with Crippen LogP contribution in [0, 0.1) is 6.92 Å². The Kier molecular flexibility index (Phi) is 6.61. The highest BCUT2D eigenvalue weighted by Crippen LogP contribution is 2.16. The van der Waals surface area contributed by atoms with Crippen LogP contribution in [0.1, 0.15) is 24.0 Å². The number of carbonyl (C=O) groups excluding carboxylic acids is 1. The Morgan fingerprint density at radius 3 is 2.46 bits per heavy atom. The first kappa shape index (κ1) is 19.8. The Morgan fingerprint density at radius 1 is 1.04 bits per heavy atom. The highest BCUT2D eigenvalue weighted by molar-refractivity contribution is 6.30. The molecule has 0 aliphatic carbocycles. The van der Waals surface area contributed by atoms with E-state index in [0.29, 0.717) is 31.0 Å². The molecule has 6 heteroatoms. The molecule has 5 nitrogen and oxygen atoms in total. The van der Waals surface area contributed by atoms with Crippen molar-refractivity contribution in [1.82, 2.24) is 15.1 Å². The molecular weight excluding hydrogens is 374 g/mol. The van der Waals surface area contributed by atoms with Crippen LogP contribution in [0.25, 0.3) is 11.3 Å². The lowest BCUT2D eigenvalue weighted by Crippen LogP contribution is -2.25. The summed E-state index contributed by atoms with van der Waals surface area (Å²) in [6.45, 7) is 2.88. The molecule has 2 aromatic carbocycles. The number of nitrogens with zero attached hydrogens (tertiary/aromatic N) is 2. The van der Waals surface area contributed by atoms with Gasteiger partial charge in [-0.05, 0) is 37.1 Å². The number of aromatic nitrogens is 2. The summed E-state index contributed by atoms with van der Waals surface area (Å²) in [5, 5.41) is 7.97. The second-order valence-electron chi connectivity index (χ2n) is 6.65. The average Bonchev–Trinajstić information content (AvgIpc) is 2.70. The molecule has 28 heavy (non-hydrogen) atoms. The molecule has 1 N–H and O–H groups in total. The standard InChI is InChI=1S/C22H22ClN3O2/c1-16-4-8-18(9-5-16)20-12-13-22(28)26(25-20)14-2-3-21(27)24-15-17-6-10-19(23)11-7-17/h4-13H,2-3,14-15H2,1H3,(H,24,27). The summed E-state index contributed by atoms with van der Waals surface area (Å²) >= 11 is 5.85. The molecule has 0 aliphatic heterocycles. The third-order valence-electron chi connectivity index (χ3n) is 4.39. The lowest BCUT2D eigenvalue weighted by molar-refractivity contribution is -0.121. The third kappa shape index (κ3) is 5.54. The lowest BCUT2D eigenvalue weighted by atomic mass is 10.1. The van der Waals surface area contributed by atoms with E-state index in [1.807, 2.05) is 43.3 Å². The van der Waals surface area contributed by atoms with Gasteiger partial charge in [-0.3, -0.25) is 9.59 Å². The summed E-state index contributed by atoms with van der Waals surface area (Å²) in [5.41, 5.74) is 3.69. The minimum Gasteiger partial charge on any atom is -0.352 e. The van der Waals surface area contributed by atoms with Crippen LogP contribution in [0.2, 0.25) is 5.02 Å². The van der Waals surface area contributed by atoms with Crippen molar-refractivity contribution in [3.63, 3.8) is 0 Å². The van der Waals surface area contributed by atoms with Crippen molar-refractivity contribution in [2.75, 3.05) is 0 Å². The van der Waals surface area contributed by atoms with E-state index in [4.69, 9.17) is 11.6 Å². The summed E-state index contributed by atoms with van der Waals surface area (Å²) in [7, 11) is 0. The topological polar surface area (TPSA) is 64.0 Å². The Balaban J connectivity index is 1.53. The second-order valence-corrected chi connectivity index (χ2v) is 7.09. The van der Waals surface area contributed by atoms with Crippen LogP contribution in [0.5, 0.6) is 0 Å². The molecule has 3 aromatic rings. The number of nitrogens with one attached hydrogen (secondary N) is 1. The van der Waals surface area contributed by atoms with Crippen molar-refractivity contribution >= 4 is 17.5 Å². The molecule has 1 amide bonds. The first-order valence-electron chi connectivity index (χ1n) is 9.17. The van der Waals surface area contributed by atoms with Crippen molar-refractivity contribution in [3.05, 3.63) is 87.2 Å². The fourth-order valence-corrected chi connectivity index (χ4v) is 2.89. The zero-order chi connectivity index (χ0) is 19.9. The smallest absolute Gasteiger partial charge is 0.266 e. The molecule has 0 aliphatic rings. The molecule has 1 heterocycles. The maximum Gasteiger partial charge on any atom is 0.266 e. The molecule has 0 fully saturated rings. The predicted octanol–water partition coefficient (Wildman–Crippen LogP) is 3.97. The zero-order valence-electron chi connectivity index (χ0n) is 15.7. The van der Waals surface area contributed by atoms with Crippen LogP contribution in [-0.4, -0.2) is 15.7 Å². The third-order valence-corrected chi connectivity index (χ3v) is 4.64. The molecule has 0 unspecified atom stereocenters. The first-order valence-corrected chi connectivity index (χ1v) is 9.55. The molecule has 144 valence electrons. The van der Waals surface area contributed by atoms with E-state index in [1.165, 1.54) is 16.3 Å². The van der Waals surface area contributed by atoms with Gasteiger partial charge in [0.25, 0.3) is 5.56 Å². The van der Waals surface area contributed by atoms with Crippen molar-refractivity contribution < 1.29 is 4.79 Å². The van der Waals surface area contributed by atoms with Crippen molar-refractivity contribution in [1.29, 1.82) is 0 Å². The highest BCUT2D eigenvalue weighted by Gasteiger charge is 2.06. The summed E-state index contributed by atoms with van der Waals surface area (Å²) < 4.78 is 1.42. The number of hydrogen-bond acceptors (Lipinski definition) is 3. The van der Waals surface area contributed by atoms with E-state index in [2.05, 4.69) is 10.4 Å². The van der Waals surface area contributed by atoms with Crippen LogP contribution in [-0.2, 0) is 17.9 Å². The fourth-order valence-electron chi connectivity index (χ4n) is 2.77. The van der Waals surface area contributed by atoms with E-state index < -0.39 is 0 Å². The van der Waals surface area contributed by atoms with E-state index in [1.54, 1.807) is 18.2 Å². The Bertz CT molecular complexity index is 996. The molecule has 0 radical (unpaired) electrons. The SMILES string of the molecule is Cc1ccc(-c2ccc(=O)n(CCCC(=O)NCc3ccc(Cl)cc3)n2)cc1. The largest absolute Gasteiger partial charge is 0.352 e. The Hall–Kier alpha value is -2.92. The van der Waals surface area contributed by atoms with Gasteiger partial charge in [-0.15, -0.1) is 0 Å². The van der Waals surface area contributed by atoms with Gasteiger partial charge in [0, 0.05) is 36.2 Å². The van der Waals surface area contributed by atoms with Crippen molar-refractivity contribution in [2.24, 2.45) is 0 Å². The van der Waals surface area contributed by atoms with Gasteiger partial charge in [-0.2, -0.15) is 5.10 Å². The number of benzene rings is 2. The lowest BCUT2D eigenvalue weighted by Gasteiger charge is -2.08. The number of rotatable bonds is 7. The van der Waals surface area contributed by atoms with Gasteiger partial charge in [0.05, 0.1) is 5.69 Å². The van der Waals surface area contributed by atoms with Crippen LogP contribution >= 0.6 is 11.6 Å². The van der Waals surface area contributed by atoms with Crippen molar-refractivity contribution in [3.8, 4) is 11.3 Å². The van der Waals surface area contributed by atoms with Gasteiger partial charge >= 0.3 is 0 Å². The molecule has 1 aromatic heterocycles. The molecule has 0 atom stereocenters. The summed E-state index contributed by atoms with van der Waals surface area (Å²) in [6, 6.07) is 18.6. The molecule has 0 saturated heterocycles. The molecular formula is C22H22ClN3O2. The minimum absolute atomic E-state index is 0.0577. The normalized spacial score (nSPS) is 10.6. The zero-order valence-corrected chi connectivity index (χ0v) is 16.4. The molecule has 0 saturated carbocycles. The van der Waals surface area contributed by atoms with Crippen LogP contribution in [0.4, 0.5) is 0 Å². The highest BCUT2D eigenvalue weighted by atomic mass is 35.5. The number of hydrogen-bond donors (Lipinski definition) is 1. The van der Waals surface area contributed by atoms with Crippen LogP contribution in [0.3, 0.4) is 0 Å². The number of halogens is 1. The summed E-state index contributed by atoms with van der Waals surface area (Å²) in [4.78, 5) is 24.1. The van der Waals surface area contributed by atoms with Gasteiger partial charge in [0.2, 0.25) is 5.91 Å². The monoisotopic (exact) mass is 395 g/mol. The quantitative estimate of drug-likeness (QED) is 0.658. The van der Waals surface area contributed by atoms with Gasteiger partial charge in [0.15, 0.2) is 0 Å². The van der Waals surface area contributed by atoms with Crippen LogP contribution < -0.4 is 10.9 Å². The van der Waals surface area contributed by atoms with Gasteiger partial charge in [-0.25, -0.2) is 4.68 Å². The molecule has 3 rings (SSSR count). The fraction of sp³-hybridized carbons (Fsp3) is 0.227. The first-order chi connectivity index (χ1) is 13.5. The van der Waals surface area contributed by atoms with E-state index >= 15 is 0 Å². The van der Waals surface area contributed by atoms with Gasteiger partial charge in [-0.1, -0.05) is 53.6 Å². The molecule has 0 spiro atoms. The van der Waals surface area contributed by atoms with E-state index in [0.717, 1.165) is 16.8 Å². The number of carbonyl (C=O) groups is 1. The van der Waals surface area contributed by atoms with Crippen LogP contribution in [0.15, 0.2) is 65.5 Å². The number of aryl methyl sites for hydroxylation is 2. The van der Waals surface area contributed by atoms with E-state index in [-0.39, 0.29) is 11.5 Å². The molecule has 0 bridgehead atoms. The van der Waals surface area contributed by atoms with Gasteiger partial charge in [0.1, 0.15) is 0 Å². The Labute approximate surface area is 169 Å².